The van der Waals surface area contributed by atoms with E-state index in [1.54, 1.807) is 27.6 Å². The van der Waals surface area contributed by atoms with Gasteiger partial charge in [0.25, 0.3) is 0 Å². The van der Waals surface area contributed by atoms with E-state index in [4.69, 9.17) is 14.2 Å². The van der Waals surface area contributed by atoms with Crippen molar-refractivity contribution in [2.75, 3.05) is 39.3 Å². The summed E-state index contributed by atoms with van der Waals surface area (Å²) < 4.78 is 16.2. The number of rotatable bonds is 10. The maximum atomic E-state index is 12.5. The van der Waals surface area contributed by atoms with E-state index in [-0.39, 0.29) is 60.5 Å². The molecule has 17 heteroatoms. The summed E-state index contributed by atoms with van der Waals surface area (Å²) >= 11 is 3.18. The highest BCUT2D eigenvalue weighted by atomic mass is 35.5. The Bertz CT molecular complexity index is 1950. The van der Waals surface area contributed by atoms with E-state index in [9.17, 15) is 14.4 Å². The van der Waals surface area contributed by atoms with Crippen LogP contribution in [0.3, 0.4) is 0 Å². The van der Waals surface area contributed by atoms with Crippen molar-refractivity contribution in [3.8, 4) is 0 Å². The van der Waals surface area contributed by atoms with Crippen molar-refractivity contribution in [1.29, 1.82) is 0 Å². The molecular formula is C39H49ClN8O6S2. The van der Waals surface area contributed by atoms with Crippen LogP contribution in [-0.2, 0) is 38.3 Å². The summed E-state index contributed by atoms with van der Waals surface area (Å²) in [5.41, 5.74) is 1.01. The fourth-order valence-corrected chi connectivity index (χ4v) is 10.1. The van der Waals surface area contributed by atoms with Gasteiger partial charge in [0.05, 0.1) is 10.8 Å². The van der Waals surface area contributed by atoms with Gasteiger partial charge in [-0.25, -0.2) is 14.4 Å². The van der Waals surface area contributed by atoms with Crippen molar-refractivity contribution >= 4 is 53.4 Å². The van der Waals surface area contributed by atoms with Crippen molar-refractivity contribution < 1.29 is 28.6 Å². The average molecular weight is 825 g/mol. The Morgan fingerprint density at radius 3 is 1.55 bits per heavy atom. The van der Waals surface area contributed by atoms with Crippen LogP contribution in [0.4, 0.5) is 14.4 Å². The minimum atomic E-state index is -0.526. The minimum absolute atomic E-state index is 0. The first-order valence-electron chi connectivity index (χ1n) is 18.6. The van der Waals surface area contributed by atoms with Gasteiger partial charge in [-0.15, -0.1) is 55.5 Å². The van der Waals surface area contributed by atoms with Gasteiger partial charge in [0.15, 0.2) is 0 Å². The maximum absolute atomic E-state index is 12.5. The fraction of sp³-hybridized carbons (Fsp3) is 0.513. The zero-order valence-electron chi connectivity index (χ0n) is 32.2. The summed E-state index contributed by atoms with van der Waals surface area (Å²) in [5, 5.41) is 30.1. The van der Waals surface area contributed by atoms with Gasteiger partial charge >= 0.3 is 18.3 Å². The number of nitrogens with zero attached hydrogens (tertiary/aromatic N) is 5. The van der Waals surface area contributed by atoms with E-state index in [2.05, 4.69) is 36.3 Å². The van der Waals surface area contributed by atoms with Gasteiger partial charge in [-0.05, 0) is 82.5 Å². The molecule has 6 atom stereocenters. The van der Waals surface area contributed by atoms with E-state index in [0.29, 0.717) is 38.0 Å². The number of halogens is 1. The third kappa shape index (κ3) is 8.93. The zero-order chi connectivity index (χ0) is 38.8. The third-order valence-corrected chi connectivity index (χ3v) is 13.0. The van der Waals surface area contributed by atoms with Crippen LogP contribution in [0.15, 0.2) is 60.7 Å². The van der Waals surface area contributed by atoms with Crippen LogP contribution in [-0.4, -0.2) is 88.4 Å². The van der Waals surface area contributed by atoms with E-state index in [1.165, 1.54) is 0 Å². The molecule has 4 aromatic rings. The molecule has 0 bridgehead atoms. The first-order valence-corrected chi connectivity index (χ1v) is 20.2. The molecule has 3 amide bonds. The number of benzene rings is 2. The van der Waals surface area contributed by atoms with Crippen LogP contribution >= 0.6 is 35.1 Å². The Kier molecular flexibility index (Phi) is 12.5. The van der Waals surface area contributed by atoms with Gasteiger partial charge in [0.2, 0.25) is 0 Å². The Hall–Kier alpha value is -4.38. The Labute approximate surface area is 340 Å². The van der Waals surface area contributed by atoms with Gasteiger partial charge in [0, 0.05) is 26.2 Å². The molecule has 56 heavy (non-hydrogen) atoms. The first kappa shape index (κ1) is 41.3. The predicted octanol–water partition coefficient (Wildman–Crippen LogP) is 5.79. The standard InChI is InChI=1S/C22H28N4O4S.C17H20N4O2S.ClH/c1-14-24-25-18(31-14)22(13-23-19(27)29-12-15-8-6-5-7-9-15)16-10-26(11-17(16)22)20(28)30-21(2,3)4;1-11-20-21-15(24-11)17(13-7-18-8-14(13)17)10-19-16(22)23-9-12-5-3-2-4-6-12;/h5-9,16-17H,10-13H2,1-4H3,(H,23,27);2-6,13-14,18H,7-10H2,1H3,(H,19,22);1H/t16-,17+,22?;13-,14+,17?;. The number of hydrogen-bond donors (Lipinski definition) is 3. The molecule has 8 rings (SSSR count). The smallest absolute Gasteiger partial charge is 0.410 e. The molecule has 3 N–H and O–H groups in total. The monoisotopic (exact) mass is 824 g/mol. The number of aryl methyl sites for hydroxylation is 2. The number of carbonyl (C=O) groups excluding carboxylic acids is 3. The van der Waals surface area contributed by atoms with Crippen LogP contribution in [0.2, 0.25) is 0 Å². The van der Waals surface area contributed by atoms with Crippen LogP contribution in [0, 0.1) is 37.5 Å². The van der Waals surface area contributed by atoms with E-state index >= 15 is 0 Å². The van der Waals surface area contributed by atoms with Crippen LogP contribution in [0.5, 0.6) is 0 Å². The van der Waals surface area contributed by atoms with E-state index < -0.39 is 11.7 Å². The second-order valence-electron chi connectivity index (χ2n) is 15.6. The lowest BCUT2D eigenvalue weighted by Gasteiger charge is -2.28. The highest BCUT2D eigenvalue weighted by Crippen LogP contribution is 2.64. The lowest BCUT2D eigenvalue weighted by atomic mass is 10.0. The van der Waals surface area contributed by atoms with Gasteiger partial charge in [-0.3, -0.25) is 0 Å². The van der Waals surface area contributed by atoms with Crippen molar-refractivity contribution in [3.05, 3.63) is 91.8 Å². The maximum Gasteiger partial charge on any atom is 0.410 e. The molecule has 2 saturated carbocycles. The molecule has 300 valence electrons. The highest BCUT2D eigenvalue weighted by Gasteiger charge is 2.71. The van der Waals surface area contributed by atoms with Crippen molar-refractivity contribution in [2.24, 2.45) is 23.7 Å². The van der Waals surface area contributed by atoms with Crippen molar-refractivity contribution in [3.63, 3.8) is 0 Å². The molecule has 2 aliphatic carbocycles. The number of amides is 3. The highest BCUT2D eigenvalue weighted by molar-refractivity contribution is 7.11. The number of aromatic nitrogens is 4. The van der Waals surface area contributed by atoms with Crippen molar-refractivity contribution in [2.45, 2.75) is 64.3 Å². The summed E-state index contributed by atoms with van der Waals surface area (Å²) in [6.07, 6.45) is -1.13. The second-order valence-corrected chi connectivity index (χ2v) is 18.0. The summed E-state index contributed by atoms with van der Waals surface area (Å²) in [4.78, 5) is 38.6. The van der Waals surface area contributed by atoms with Gasteiger partial charge in [-0.2, -0.15) is 0 Å². The summed E-state index contributed by atoms with van der Waals surface area (Å²) in [5.74, 6) is 1.47. The summed E-state index contributed by atoms with van der Waals surface area (Å²) in [6.45, 7) is 14.1. The molecule has 14 nitrogen and oxygen atoms in total. The summed E-state index contributed by atoms with van der Waals surface area (Å²) in [6, 6.07) is 19.2. The number of fused-ring (bicyclic) bond motifs is 2. The number of ether oxygens (including phenoxy) is 3. The summed E-state index contributed by atoms with van der Waals surface area (Å²) in [7, 11) is 0. The average Bonchev–Trinajstić information content (AvgIpc) is 3.64. The van der Waals surface area contributed by atoms with Crippen LogP contribution in [0.1, 0.15) is 51.9 Å². The number of likely N-dealkylation sites (tertiary alicyclic amines) is 1. The Morgan fingerprint density at radius 1 is 0.732 bits per heavy atom. The number of nitrogens with one attached hydrogen (secondary N) is 3. The molecule has 2 unspecified atom stereocenters. The molecule has 4 aliphatic rings. The van der Waals surface area contributed by atoms with E-state index in [1.807, 2.05) is 95.3 Å². The number of carbonyl (C=O) groups is 3. The second kappa shape index (κ2) is 17.0. The molecular weight excluding hydrogens is 776 g/mol. The van der Waals surface area contributed by atoms with Crippen LogP contribution < -0.4 is 16.0 Å². The number of alkyl carbamates (subject to hydrolysis) is 2. The SMILES string of the molecule is Cc1nnc(C2(CNC(=O)OCc3ccccc3)[C@@H]3CN(C(=O)OC(C)(C)C)C[C@@H]32)s1.Cc1nnc(C2(CNC(=O)OCc3ccccc3)[C@@H]3CNC[C@@H]32)s1.Cl. The van der Waals surface area contributed by atoms with Crippen molar-refractivity contribution in [1.82, 2.24) is 41.2 Å². The molecule has 4 fully saturated rings. The molecule has 0 radical (unpaired) electrons. The Morgan fingerprint density at radius 2 is 1.16 bits per heavy atom. The number of hydrogen-bond acceptors (Lipinski definition) is 13. The molecule has 2 saturated heterocycles. The molecule has 0 spiro atoms. The topological polar surface area (TPSA) is 170 Å². The zero-order valence-corrected chi connectivity index (χ0v) is 34.6. The van der Waals surface area contributed by atoms with Gasteiger partial charge in [0.1, 0.15) is 38.8 Å². The minimum Gasteiger partial charge on any atom is -0.445 e. The Balaban J connectivity index is 0.000000192. The predicted molar refractivity (Wildman–Crippen MR) is 214 cm³/mol. The molecule has 4 heterocycles. The molecule has 2 aromatic heterocycles. The number of piperidine rings is 2. The van der Waals surface area contributed by atoms with Gasteiger partial charge in [-0.1, -0.05) is 60.7 Å². The molecule has 2 aromatic carbocycles. The lowest BCUT2D eigenvalue weighted by molar-refractivity contribution is 0.0260. The normalized spacial score (nSPS) is 25.3. The first-order chi connectivity index (χ1) is 26.4. The largest absolute Gasteiger partial charge is 0.445 e. The third-order valence-electron chi connectivity index (χ3n) is 10.9. The molecule has 2 aliphatic heterocycles. The van der Waals surface area contributed by atoms with Gasteiger partial charge < -0.3 is 35.1 Å². The van der Waals surface area contributed by atoms with Crippen LogP contribution in [0.25, 0.3) is 0 Å². The quantitative estimate of drug-likeness (QED) is 0.166. The lowest BCUT2D eigenvalue weighted by Crippen LogP contribution is -2.42. The van der Waals surface area contributed by atoms with E-state index in [0.717, 1.165) is 44.2 Å². The fourth-order valence-electron chi connectivity index (χ4n) is 8.12.